The molecule has 36 heavy (non-hydrogen) atoms. The molecule has 206 valence electrons. The Morgan fingerprint density at radius 2 is 1.69 bits per heavy atom. The molecule has 1 unspecified atom stereocenters. The fraction of sp³-hybridized carbons (Fsp3) is 0.774. The average molecular weight is 533 g/mol. The number of carbonyl (C=O) groups excluding carboxylic acids is 1. The first-order valence-electron chi connectivity index (χ1n) is 14.3. The summed E-state index contributed by atoms with van der Waals surface area (Å²) in [6, 6.07) is 0. The zero-order valence-electron chi connectivity index (χ0n) is 25.2. The topological polar surface area (TPSA) is 35.5 Å². The second-order valence-corrected chi connectivity index (χ2v) is 18.9. The molecule has 0 bridgehead atoms. The van der Waals surface area contributed by atoms with Gasteiger partial charge in [-0.3, -0.25) is 4.79 Å². The van der Waals surface area contributed by atoms with E-state index in [0.717, 1.165) is 50.7 Å². The number of Topliss-reactive ketones (excluding diaryl/α,β-unsaturated/α-hetero) is 1. The summed E-state index contributed by atoms with van der Waals surface area (Å²) in [4.78, 5) is 13.4. The van der Waals surface area contributed by atoms with Crippen molar-refractivity contribution in [3.63, 3.8) is 0 Å². The normalized spacial score (nSPS) is 28.9. The van der Waals surface area contributed by atoms with Gasteiger partial charge >= 0.3 is 0 Å². The number of carbonyl (C=O) groups is 1. The van der Waals surface area contributed by atoms with E-state index in [1.807, 2.05) is 0 Å². The van der Waals surface area contributed by atoms with Crippen LogP contribution in [0.4, 0.5) is 0 Å². The molecule has 5 heteroatoms. The molecule has 2 aliphatic rings. The van der Waals surface area contributed by atoms with E-state index in [4.69, 9.17) is 8.85 Å². The van der Waals surface area contributed by atoms with Crippen LogP contribution in [0.3, 0.4) is 0 Å². The van der Waals surface area contributed by atoms with Crippen molar-refractivity contribution in [2.45, 2.75) is 112 Å². The highest BCUT2D eigenvalue weighted by atomic mass is 28.3. The van der Waals surface area contributed by atoms with Gasteiger partial charge in [-0.25, -0.2) is 0 Å². The summed E-state index contributed by atoms with van der Waals surface area (Å²) in [5, 5.41) is 0. The fourth-order valence-electron chi connectivity index (χ4n) is 6.76. The summed E-state index contributed by atoms with van der Waals surface area (Å²) in [6.07, 6.45) is 13.0. The van der Waals surface area contributed by atoms with Crippen molar-refractivity contribution in [3.8, 4) is 0 Å². The average Bonchev–Trinajstić information content (AvgIpc) is 3.15. The molecule has 0 aromatic rings. The number of fused-ring (bicyclic) bond motifs is 1. The van der Waals surface area contributed by atoms with E-state index in [9.17, 15) is 4.79 Å². The molecule has 0 amide bonds. The Labute approximate surface area is 226 Å². The van der Waals surface area contributed by atoms with Gasteiger partial charge in [0.05, 0.1) is 0 Å². The van der Waals surface area contributed by atoms with Crippen molar-refractivity contribution in [2.75, 3.05) is 6.61 Å². The Kier molecular flexibility index (Phi) is 10.5. The Bertz CT molecular complexity index is 817. The first-order valence-corrected chi connectivity index (χ1v) is 19.9. The molecule has 5 atom stereocenters. The molecular weight excluding hydrogens is 477 g/mol. The first-order chi connectivity index (χ1) is 16.5. The second-order valence-electron chi connectivity index (χ2n) is 14.2. The number of unbranched alkanes of at least 4 members (excludes halogenated alkanes) is 1. The maximum absolute atomic E-state index is 13.4. The molecule has 0 spiro atoms. The molecule has 2 rings (SSSR count). The summed E-state index contributed by atoms with van der Waals surface area (Å²) in [6.45, 7) is 32.2. The number of hydrogen-bond acceptors (Lipinski definition) is 3. The van der Waals surface area contributed by atoms with E-state index in [2.05, 4.69) is 99.1 Å². The van der Waals surface area contributed by atoms with Gasteiger partial charge in [-0.15, -0.1) is 6.58 Å². The minimum Gasteiger partial charge on any atom is -0.421 e. The lowest BCUT2D eigenvalue weighted by Gasteiger charge is -2.43. The monoisotopic (exact) mass is 532 g/mol. The molecule has 0 radical (unpaired) electrons. The molecule has 0 saturated heterocycles. The van der Waals surface area contributed by atoms with Gasteiger partial charge in [-0.05, 0) is 91.9 Å². The van der Waals surface area contributed by atoms with Crippen molar-refractivity contribution in [1.29, 1.82) is 0 Å². The van der Waals surface area contributed by atoms with Crippen molar-refractivity contribution in [3.05, 3.63) is 37.0 Å². The van der Waals surface area contributed by atoms with Crippen molar-refractivity contribution in [2.24, 2.45) is 34.0 Å². The minimum absolute atomic E-state index is 0.0299. The van der Waals surface area contributed by atoms with Crippen LogP contribution in [0.1, 0.15) is 80.1 Å². The molecule has 0 N–H and O–H groups in total. The summed E-state index contributed by atoms with van der Waals surface area (Å²) in [5.74, 6) is 1.13. The van der Waals surface area contributed by atoms with Crippen molar-refractivity contribution in [1.82, 2.24) is 0 Å². The third-order valence-electron chi connectivity index (χ3n) is 8.97. The van der Waals surface area contributed by atoms with E-state index in [-0.39, 0.29) is 27.9 Å². The van der Waals surface area contributed by atoms with Crippen LogP contribution in [-0.2, 0) is 13.6 Å². The SMILES string of the molecule is C=CC(CC=C[C@H]1[C@H](C(C)(C)C)C[C@@]2(O[SiH](C)C)C(=O)C(=C)C[C@@H]12)(CCCCO[SiH](C)C)C(C)(C)C. The van der Waals surface area contributed by atoms with Gasteiger partial charge in [0.25, 0.3) is 0 Å². The van der Waals surface area contributed by atoms with Gasteiger partial charge in [0.1, 0.15) is 5.60 Å². The number of hydrogen-bond donors (Lipinski definition) is 0. The maximum atomic E-state index is 13.4. The first kappa shape index (κ1) is 31.5. The second kappa shape index (κ2) is 12.0. The van der Waals surface area contributed by atoms with E-state index in [0.29, 0.717) is 11.8 Å². The molecule has 0 aliphatic heterocycles. The predicted molar refractivity (Wildman–Crippen MR) is 161 cm³/mol. The number of allylic oxidation sites excluding steroid dienone is 3. The summed E-state index contributed by atoms with van der Waals surface area (Å²) >= 11 is 0. The highest BCUT2D eigenvalue weighted by molar-refractivity contribution is 6.49. The third kappa shape index (κ3) is 6.81. The molecule has 2 fully saturated rings. The Hall–Kier alpha value is -0.756. The lowest BCUT2D eigenvalue weighted by molar-refractivity contribution is -0.130. The molecular formula is C31H56O3Si2. The van der Waals surface area contributed by atoms with Crippen LogP contribution in [0.5, 0.6) is 0 Å². The van der Waals surface area contributed by atoms with Crippen LogP contribution >= 0.6 is 0 Å². The highest BCUT2D eigenvalue weighted by Crippen LogP contribution is 2.60. The van der Waals surface area contributed by atoms with Gasteiger partial charge < -0.3 is 8.85 Å². The Balaban J connectivity index is 2.30. The Morgan fingerprint density at radius 3 is 2.19 bits per heavy atom. The molecule has 0 aromatic carbocycles. The molecule has 0 aromatic heterocycles. The van der Waals surface area contributed by atoms with Crippen LogP contribution in [0, 0.1) is 34.0 Å². The number of rotatable bonds is 12. The van der Waals surface area contributed by atoms with Crippen LogP contribution in [-0.4, -0.2) is 36.1 Å². The van der Waals surface area contributed by atoms with Gasteiger partial charge in [-0.1, -0.05) is 72.8 Å². The van der Waals surface area contributed by atoms with E-state index < -0.39 is 23.7 Å². The summed E-state index contributed by atoms with van der Waals surface area (Å²) in [5.41, 5.74) is 0.364. The lowest BCUT2D eigenvalue weighted by Crippen LogP contribution is -2.44. The molecule has 3 nitrogen and oxygen atoms in total. The maximum Gasteiger partial charge on any atom is 0.189 e. The highest BCUT2D eigenvalue weighted by Gasteiger charge is 2.63. The minimum atomic E-state index is -1.40. The van der Waals surface area contributed by atoms with Crippen LogP contribution in [0.15, 0.2) is 37.0 Å². The molecule has 0 heterocycles. The standard InChI is InChI=1S/C31H56O3Si2/c1-13-30(29(6,7)8,18-14-15-20-33-35(9)10)19-16-17-24-25-21-23(2)27(32)31(25,34-36(11)12)22-26(24)28(3,4)5/h13,16-17,24-26,35-36H,1-2,14-15,18-22H2,3-12H3/t24-,25+,26-,30?,31+/m1/s1. The molecule has 2 aliphatic carbocycles. The van der Waals surface area contributed by atoms with Gasteiger partial charge in [-0.2, -0.15) is 0 Å². The fourth-order valence-corrected chi connectivity index (χ4v) is 8.62. The zero-order chi connectivity index (χ0) is 27.5. The number of ketones is 1. The predicted octanol–water partition coefficient (Wildman–Crippen LogP) is 7.89. The lowest BCUT2D eigenvalue weighted by atomic mass is 9.62. The molecule has 2 saturated carbocycles. The van der Waals surface area contributed by atoms with E-state index >= 15 is 0 Å². The summed E-state index contributed by atoms with van der Waals surface area (Å²) in [7, 11) is -2.35. The van der Waals surface area contributed by atoms with Crippen molar-refractivity contribution < 1.29 is 13.6 Å². The zero-order valence-corrected chi connectivity index (χ0v) is 27.5. The van der Waals surface area contributed by atoms with E-state index in [1.165, 1.54) is 0 Å². The Morgan fingerprint density at radius 1 is 1.06 bits per heavy atom. The quantitative estimate of drug-likeness (QED) is 0.111. The van der Waals surface area contributed by atoms with Crippen LogP contribution in [0.2, 0.25) is 26.2 Å². The van der Waals surface area contributed by atoms with Gasteiger partial charge in [0.15, 0.2) is 23.9 Å². The smallest absolute Gasteiger partial charge is 0.189 e. The third-order valence-corrected chi connectivity index (χ3v) is 10.8. The van der Waals surface area contributed by atoms with Gasteiger partial charge in [0, 0.05) is 12.5 Å². The summed E-state index contributed by atoms with van der Waals surface area (Å²) < 4.78 is 12.6. The van der Waals surface area contributed by atoms with Crippen molar-refractivity contribution >= 4 is 23.9 Å². The van der Waals surface area contributed by atoms with Crippen LogP contribution < -0.4 is 0 Å². The van der Waals surface area contributed by atoms with Gasteiger partial charge in [0.2, 0.25) is 0 Å². The van der Waals surface area contributed by atoms with E-state index in [1.54, 1.807) is 0 Å². The van der Waals surface area contributed by atoms with Crippen LogP contribution in [0.25, 0.3) is 0 Å². The largest absolute Gasteiger partial charge is 0.421 e.